The van der Waals surface area contributed by atoms with Gasteiger partial charge in [0.2, 0.25) is 5.91 Å². The van der Waals surface area contributed by atoms with Crippen LogP contribution in [0.3, 0.4) is 0 Å². The number of rotatable bonds is 6. The van der Waals surface area contributed by atoms with Crippen molar-refractivity contribution in [2.45, 2.75) is 69.9 Å². The Kier molecular flexibility index (Phi) is 6.80. The summed E-state index contributed by atoms with van der Waals surface area (Å²) in [4.78, 5) is 14.1. The number of hydrogen-bond acceptors (Lipinski definition) is 3. The molecule has 0 aromatic rings. The molecule has 2 N–H and O–H groups in total. The molecule has 4 nitrogen and oxygen atoms in total. The number of hydrogen-bond donors (Lipinski definition) is 2. The maximum atomic E-state index is 12.2. The van der Waals surface area contributed by atoms with Crippen LogP contribution in [0.1, 0.15) is 58.3 Å². The summed E-state index contributed by atoms with van der Waals surface area (Å²) in [6.07, 6.45) is 8.01. The standard InChI is InChI=1S/C15H30N2O2/c1-4-9-13(17(2)3)14(18)16-12-15(19)10-7-5-6-8-11-15/h13,19H,4-12H2,1-3H3,(H,16,18). The first-order chi connectivity index (χ1) is 8.98. The lowest BCUT2D eigenvalue weighted by atomic mass is 9.94. The van der Waals surface area contributed by atoms with Gasteiger partial charge in [-0.1, -0.05) is 39.0 Å². The number of amides is 1. The SMILES string of the molecule is CCCC(C(=O)NCC1(O)CCCCCC1)N(C)C. The predicted octanol–water partition coefficient (Wildman–Crippen LogP) is 1.92. The van der Waals surface area contributed by atoms with E-state index in [4.69, 9.17) is 0 Å². The molecule has 4 heteroatoms. The van der Waals surface area contributed by atoms with E-state index in [9.17, 15) is 9.90 Å². The zero-order valence-electron chi connectivity index (χ0n) is 12.7. The van der Waals surface area contributed by atoms with Gasteiger partial charge in [0.15, 0.2) is 0 Å². The first kappa shape index (κ1) is 16.4. The Morgan fingerprint density at radius 1 is 1.26 bits per heavy atom. The highest BCUT2D eigenvalue weighted by molar-refractivity contribution is 5.81. The molecular formula is C15H30N2O2. The van der Waals surface area contributed by atoms with Crippen LogP contribution >= 0.6 is 0 Å². The largest absolute Gasteiger partial charge is 0.388 e. The molecule has 0 spiro atoms. The second-order valence-electron chi connectivity index (χ2n) is 6.12. The van der Waals surface area contributed by atoms with E-state index in [1.165, 1.54) is 12.8 Å². The quantitative estimate of drug-likeness (QED) is 0.725. The van der Waals surface area contributed by atoms with Crippen molar-refractivity contribution in [3.05, 3.63) is 0 Å². The smallest absolute Gasteiger partial charge is 0.237 e. The van der Waals surface area contributed by atoms with E-state index in [0.717, 1.165) is 38.5 Å². The van der Waals surface area contributed by atoms with Gasteiger partial charge in [-0.05, 0) is 33.4 Å². The van der Waals surface area contributed by atoms with Crippen LogP contribution in [0.15, 0.2) is 0 Å². The van der Waals surface area contributed by atoms with E-state index in [0.29, 0.717) is 6.54 Å². The molecule has 0 aliphatic heterocycles. The Labute approximate surface area is 117 Å². The highest BCUT2D eigenvalue weighted by Crippen LogP contribution is 2.26. The van der Waals surface area contributed by atoms with Crippen molar-refractivity contribution in [3.8, 4) is 0 Å². The molecular weight excluding hydrogens is 240 g/mol. The van der Waals surface area contributed by atoms with Crippen molar-refractivity contribution in [1.82, 2.24) is 10.2 Å². The normalized spacial score (nSPS) is 20.9. The van der Waals surface area contributed by atoms with Crippen molar-refractivity contribution >= 4 is 5.91 Å². The van der Waals surface area contributed by atoms with Gasteiger partial charge >= 0.3 is 0 Å². The third kappa shape index (κ3) is 5.49. The lowest BCUT2D eigenvalue weighted by molar-refractivity contribution is -0.127. The minimum atomic E-state index is -0.685. The van der Waals surface area contributed by atoms with Gasteiger partial charge in [0.25, 0.3) is 0 Å². The van der Waals surface area contributed by atoms with Gasteiger partial charge in [-0.2, -0.15) is 0 Å². The van der Waals surface area contributed by atoms with E-state index >= 15 is 0 Å². The van der Waals surface area contributed by atoms with Crippen LogP contribution in [-0.2, 0) is 4.79 Å². The molecule has 0 radical (unpaired) electrons. The highest BCUT2D eigenvalue weighted by atomic mass is 16.3. The fourth-order valence-electron chi connectivity index (χ4n) is 2.83. The summed E-state index contributed by atoms with van der Waals surface area (Å²) >= 11 is 0. The number of carbonyl (C=O) groups excluding carboxylic acids is 1. The van der Waals surface area contributed by atoms with Crippen LogP contribution in [0.25, 0.3) is 0 Å². The van der Waals surface area contributed by atoms with E-state index in [2.05, 4.69) is 12.2 Å². The van der Waals surface area contributed by atoms with E-state index in [1.54, 1.807) is 0 Å². The third-order valence-corrected chi connectivity index (χ3v) is 4.11. The molecule has 1 unspecified atom stereocenters. The van der Waals surface area contributed by atoms with Gasteiger partial charge in [0.1, 0.15) is 0 Å². The first-order valence-corrected chi connectivity index (χ1v) is 7.65. The molecule has 1 amide bonds. The molecule has 1 rings (SSSR count). The highest BCUT2D eigenvalue weighted by Gasteiger charge is 2.29. The zero-order chi connectivity index (χ0) is 14.3. The first-order valence-electron chi connectivity index (χ1n) is 7.65. The van der Waals surface area contributed by atoms with Crippen LogP contribution < -0.4 is 5.32 Å². The van der Waals surface area contributed by atoms with Gasteiger partial charge < -0.3 is 10.4 Å². The van der Waals surface area contributed by atoms with Crippen LogP contribution in [0, 0.1) is 0 Å². The van der Waals surface area contributed by atoms with Crippen molar-refractivity contribution in [3.63, 3.8) is 0 Å². The Morgan fingerprint density at radius 3 is 2.32 bits per heavy atom. The van der Waals surface area contributed by atoms with Gasteiger partial charge in [-0.3, -0.25) is 9.69 Å². The number of nitrogens with one attached hydrogen (secondary N) is 1. The fraction of sp³-hybridized carbons (Fsp3) is 0.933. The molecule has 1 saturated carbocycles. The molecule has 1 fully saturated rings. The fourth-order valence-corrected chi connectivity index (χ4v) is 2.83. The van der Waals surface area contributed by atoms with Gasteiger partial charge in [0, 0.05) is 6.54 Å². The third-order valence-electron chi connectivity index (χ3n) is 4.11. The number of carbonyl (C=O) groups is 1. The lowest BCUT2D eigenvalue weighted by Crippen LogP contribution is -2.49. The molecule has 1 aliphatic carbocycles. The molecule has 19 heavy (non-hydrogen) atoms. The van der Waals surface area contributed by atoms with E-state index in [1.807, 2.05) is 19.0 Å². The van der Waals surface area contributed by atoms with Crippen molar-refractivity contribution in [2.24, 2.45) is 0 Å². The van der Waals surface area contributed by atoms with Gasteiger partial charge in [0.05, 0.1) is 11.6 Å². The molecule has 0 bridgehead atoms. The summed E-state index contributed by atoms with van der Waals surface area (Å²) in [5.41, 5.74) is -0.685. The van der Waals surface area contributed by atoms with Crippen LogP contribution in [0.5, 0.6) is 0 Å². The maximum absolute atomic E-state index is 12.2. The molecule has 0 saturated heterocycles. The average molecular weight is 270 g/mol. The predicted molar refractivity (Wildman–Crippen MR) is 78.0 cm³/mol. The van der Waals surface area contributed by atoms with Crippen molar-refractivity contribution in [1.29, 1.82) is 0 Å². The minimum absolute atomic E-state index is 0.0459. The van der Waals surface area contributed by atoms with E-state index < -0.39 is 5.60 Å². The molecule has 0 aromatic carbocycles. The summed E-state index contributed by atoms with van der Waals surface area (Å²) < 4.78 is 0. The van der Waals surface area contributed by atoms with Crippen molar-refractivity contribution < 1.29 is 9.90 Å². The Bertz CT molecular complexity index is 271. The second kappa shape index (κ2) is 7.85. The number of likely N-dealkylation sites (N-methyl/N-ethyl adjacent to an activating group) is 1. The monoisotopic (exact) mass is 270 g/mol. The molecule has 1 aliphatic rings. The molecule has 0 aromatic heterocycles. The zero-order valence-corrected chi connectivity index (χ0v) is 12.7. The molecule has 1 atom stereocenters. The van der Waals surface area contributed by atoms with Crippen molar-refractivity contribution in [2.75, 3.05) is 20.6 Å². The summed E-state index contributed by atoms with van der Waals surface area (Å²) in [6, 6.07) is -0.0839. The summed E-state index contributed by atoms with van der Waals surface area (Å²) in [5, 5.41) is 13.5. The number of nitrogens with zero attached hydrogens (tertiary/aromatic N) is 1. The minimum Gasteiger partial charge on any atom is -0.388 e. The summed E-state index contributed by atoms with van der Waals surface area (Å²) in [5.74, 6) is 0.0459. The second-order valence-corrected chi connectivity index (χ2v) is 6.12. The van der Waals surface area contributed by atoms with Gasteiger partial charge in [-0.15, -0.1) is 0 Å². The average Bonchev–Trinajstić information content (AvgIpc) is 2.58. The number of aliphatic hydroxyl groups is 1. The maximum Gasteiger partial charge on any atom is 0.237 e. The Balaban J connectivity index is 2.46. The van der Waals surface area contributed by atoms with Crippen LogP contribution in [-0.4, -0.2) is 48.2 Å². The van der Waals surface area contributed by atoms with Gasteiger partial charge in [-0.25, -0.2) is 0 Å². The molecule has 112 valence electrons. The lowest BCUT2D eigenvalue weighted by Gasteiger charge is -2.29. The molecule has 0 heterocycles. The Morgan fingerprint density at radius 2 is 1.84 bits per heavy atom. The van der Waals surface area contributed by atoms with Crippen LogP contribution in [0.2, 0.25) is 0 Å². The summed E-state index contributed by atoms with van der Waals surface area (Å²) in [6.45, 7) is 2.49. The van der Waals surface area contributed by atoms with Crippen LogP contribution in [0.4, 0.5) is 0 Å². The Hall–Kier alpha value is -0.610. The van der Waals surface area contributed by atoms with E-state index in [-0.39, 0.29) is 11.9 Å². The topological polar surface area (TPSA) is 52.6 Å². The summed E-state index contributed by atoms with van der Waals surface area (Å²) in [7, 11) is 3.86.